The van der Waals surface area contributed by atoms with E-state index in [1.807, 2.05) is 6.92 Å². The van der Waals surface area contributed by atoms with E-state index in [9.17, 15) is 4.39 Å². The minimum Gasteiger partial charge on any atom is -0.498 e. The number of likely N-dealkylation sites (tertiary alicyclic amines) is 1. The first kappa shape index (κ1) is 13.8. The molecule has 1 heterocycles. The molecule has 0 aromatic heterocycles. The molecule has 18 heavy (non-hydrogen) atoms. The number of methoxy groups -OCH3 is 1. The van der Waals surface area contributed by atoms with Crippen LogP contribution in [0.3, 0.4) is 0 Å². The summed E-state index contributed by atoms with van der Waals surface area (Å²) in [5, 5.41) is 0. The van der Waals surface area contributed by atoms with E-state index in [-0.39, 0.29) is 11.5 Å². The van der Waals surface area contributed by atoms with Crippen molar-refractivity contribution in [3.05, 3.63) is 12.3 Å². The van der Waals surface area contributed by atoms with E-state index in [0.29, 0.717) is 6.54 Å². The Bertz CT molecular complexity index is 304. The maximum Gasteiger partial charge on any atom is 0.139 e. The molecule has 4 heteroatoms. The van der Waals surface area contributed by atoms with Crippen LogP contribution >= 0.6 is 0 Å². The lowest BCUT2D eigenvalue weighted by Crippen LogP contribution is -2.47. The van der Waals surface area contributed by atoms with Gasteiger partial charge in [0.1, 0.15) is 6.17 Å². The van der Waals surface area contributed by atoms with Crippen molar-refractivity contribution in [3.8, 4) is 0 Å². The van der Waals surface area contributed by atoms with Crippen molar-refractivity contribution < 1.29 is 13.9 Å². The third-order valence-electron chi connectivity index (χ3n) is 4.01. The predicted octanol–water partition coefficient (Wildman–Crippen LogP) is 2.38. The van der Waals surface area contributed by atoms with Gasteiger partial charge in [-0.25, -0.2) is 4.39 Å². The van der Waals surface area contributed by atoms with Gasteiger partial charge in [-0.1, -0.05) is 6.58 Å². The van der Waals surface area contributed by atoms with Gasteiger partial charge in [0.15, 0.2) is 0 Å². The zero-order valence-corrected chi connectivity index (χ0v) is 11.5. The van der Waals surface area contributed by atoms with Crippen LogP contribution in [0.15, 0.2) is 12.3 Å². The number of piperidine rings is 1. The van der Waals surface area contributed by atoms with Crippen molar-refractivity contribution in [2.45, 2.75) is 38.5 Å². The molecule has 1 aliphatic carbocycles. The van der Waals surface area contributed by atoms with E-state index in [0.717, 1.165) is 31.9 Å². The Balaban J connectivity index is 1.78. The van der Waals surface area contributed by atoms with Gasteiger partial charge in [0.25, 0.3) is 0 Å². The lowest BCUT2D eigenvalue weighted by Gasteiger charge is -2.36. The van der Waals surface area contributed by atoms with Crippen molar-refractivity contribution in [1.29, 1.82) is 0 Å². The molecule has 0 amide bonds. The molecule has 0 radical (unpaired) electrons. The van der Waals surface area contributed by atoms with Crippen LogP contribution < -0.4 is 0 Å². The Hall–Kier alpha value is -0.610. The number of hydrogen-bond acceptors (Lipinski definition) is 3. The van der Waals surface area contributed by atoms with E-state index in [1.54, 1.807) is 7.11 Å². The smallest absolute Gasteiger partial charge is 0.139 e. The Morgan fingerprint density at radius 2 is 2.22 bits per heavy atom. The summed E-state index contributed by atoms with van der Waals surface area (Å²) in [6.07, 6.45) is 2.07. The van der Waals surface area contributed by atoms with Crippen molar-refractivity contribution in [2.75, 3.05) is 33.4 Å². The summed E-state index contributed by atoms with van der Waals surface area (Å²) in [6.45, 7) is 8.71. The first-order valence-corrected chi connectivity index (χ1v) is 6.72. The molecule has 2 rings (SSSR count). The lowest BCUT2D eigenvalue weighted by atomic mass is 10.0. The number of allylic oxidation sites excluding steroid dienone is 1. The standard InChI is InChI=1S/C14H24FNO2/c1-11(2)18-10-14(5-6-14)9-16-7-4-13(17-3)12(15)8-16/h12-13H,1,4-10H2,2-3H3/t12-,13+/m0/s1. The number of nitrogens with zero attached hydrogens (tertiary/aromatic N) is 1. The van der Waals surface area contributed by atoms with Crippen LogP contribution in [0.1, 0.15) is 26.2 Å². The highest BCUT2D eigenvalue weighted by Crippen LogP contribution is 2.47. The van der Waals surface area contributed by atoms with Crippen LogP contribution in [0.5, 0.6) is 0 Å². The van der Waals surface area contributed by atoms with Crippen LogP contribution in [0.25, 0.3) is 0 Å². The van der Waals surface area contributed by atoms with Gasteiger partial charge >= 0.3 is 0 Å². The number of ether oxygens (including phenoxy) is 2. The molecule has 0 aromatic rings. The SMILES string of the molecule is C=C(C)OCC1(CN2CC[C@@H](OC)[C@@H](F)C2)CC1. The molecule has 2 fully saturated rings. The van der Waals surface area contributed by atoms with E-state index < -0.39 is 6.17 Å². The number of hydrogen-bond donors (Lipinski definition) is 0. The highest BCUT2D eigenvalue weighted by Gasteiger charge is 2.46. The molecule has 2 atom stereocenters. The lowest BCUT2D eigenvalue weighted by molar-refractivity contribution is -0.0292. The van der Waals surface area contributed by atoms with Gasteiger partial charge in [0, 0.05) is 32.2 Å². The molecule has 1 saturated carbocycles. The Morgan fingerprint density at radius 3 is 2.72 bits per heavy atom. The van der Waals surface area contributed by atoms with E-state index in [2.05, 4.69) is 11.5 Å². The molecule has 3 nitrogen and oxygen atoms in total. The van der Waals surface area contributed by atoms with Gasteiger partial charge in [-0.3, -0.25) is 4.90 Å². The van der Waals surface area contributed by atoms with Crippen LogP contribution in [-0.2, 0) is 9.47 Å². The summed E-state index contributed by atoms with van der Waals surface area (Å²) in [6, 6.07) is 0. The predicted molar refractivity (Wildman–Crippen MR) is 69.2 cm³/mol. The maximum absolute atomic E-state index is 13.8. The quantitative estimate of drug-likeness (QED) is 0.682. The topological polar surface area (TPSA) is 21.7 Å². The minimum atomic E-state index is -0.860. The largest absolute Gasteiger partial charge is 0.498 e. The first-order valence-electron chi connectivity index (χ1n) is 6.72. The highest BCUT2D eigenvalue weighted by atomic mass is 19.1. The molecule has 2 aliphatic rings. The summed E-state index contributed by atoms with van der Waals surface area (Å²) >= 11 is 0. The minimum absolute atomic E-state index is 0.219. The second-order valence-corrected chi connectivity index (χ2v) is 5.80. The van der Waals surface area contributed by atoms with E-state index in [1.165, 1.54) is 12.8 Å². The van der Waals surface area contributed by atoms with Crippen molar-refractivity contribution in [1.82, 2.24) is 4.90 Å². The fraction of sp³-hybridized carbons (Fsp3) is 0.857. The fourth-order valence-electron chi connectivity index (χ4n) is 2.63. The molecule has 0 bridgehead atoms. The summed E-state index contributed by atoms with van der Waals surface area (Å²) in [5.41, 5.74) is 0.249. The fourth-order valence-corrected chi connectivity index (χ4v) is 2.63. The Morgan fingerprint density at radius 1 is 1.50 bits per heavy atom. The number of halogens is 1. The van der Waals surface area contributed by atoms with Gasteiger partial charge in [-0.05, 0) is 26.2 Å². The van der Waals surface area contributed by atoms with Crippen LogP contribution in [-0.4, -0.2) is 50.5 Å². The summed E-state index contributed by atoms with van der Waals surface area (Å²) in [7, 11) is 1.59. The van der Waals surface area contributed by atoms with Crippen LogP contribution in [0.4, 0.5) is 4.39 Å². The average molecular weight is 257 g/mol. The monoisotopic (exact) mass is 257 g/mol. The molecule has 104 valence electrons. The zero-order chi connectivity index (χ0) is 13.2. The van der Waals surface area contributed by atoms with E-state index in [4.69, 9.17) is 9.47 Å². The molecule has 1 saturated heterocycles. The van der Waals surface area contributed by atoms with Gasteiger partial charge in [0.2, 0.25) is 0 Å². The van der Waals surface area contributed by atoms with Gasteiger partial charge < -0.3 is 9.47 Å². The molecule has 0 N–H and O–H groups in total. The van der Waals surface area contributed by atoms with Crippen LogP contribution in [0.2, 0.25) is 0 Å². The molecular formula is C14H24FNO2. The summed E-state index contributed by atoms with van der Waals surface area (Å²) in [5.74, 6) is 0.766. The normalized spacial score (nSPS) is 31.1. The zero-order valence-electron chi connectivity index (χ0n) is 11.5. The molecule has 0 spiro atoms. The second-order valence-electron chi connectivity index (χ2n) is 5.80. The van der Waals surface area contributed by atoms with Crippen LogP contribution in [0, 0.1) is 5.41 Å². The third kappa shape index (κ3) is 3.45. The number of rotatable bonds is 6. The molecule has 0 aromatic carbocycles. The van der Waals surface area contributed by atoms with Gasteiger partial charge in [-0.15, -0.1) is 0 Å². The van der Waals surface area contributed by atoms with Crippen molar-refractivity contribution in [2.24, 2.45) is 5.41 Å². The Kier molecular flexibility index (Phi) is 4.28. The second kappa shape index (κ2) is 5.57. The third-order valence-corrected chi connectivity index (χ3v) is 4.01. The Labute approximate surface area is 109 Å². The summed E-state index contributed by atoms with van der Waals surface area (Å²) in [4.78, 5) is 2.22. The average Bonchev–Trinajstić information content (AvgIpc) is 3.07. The van der Waals surface area contributed by atoms with Crippen molar-refractivity contribution in [3.63, 3.8) is 0 Å². The van der Waals surface area contributed by atoms with E-state index >= 15 is 0 Å². The van der Waals surface area contributed by atoms with Gasteiger partial charge in [-0.2, -0.15) is 0 Å². The maximum atomic E-state index is 13.8. The number of alkyl halides is 1. The van der Waals surface area contributed by atoms with Crippen molar-refractivity contribution >= 4 is 0 Å². The van der Waals surface area contributed by atoms with Gasteiger partial charge in [0.05, 0.1) is 18.5 Å². The molecule has 1 aliphatic heterocycles. The highest BCUT2D eigenvalue weighted by molar-refractivity contribution is 4.98. The molecule has 0 unspecified atom stereocenters. The summed E-state index contributed by atoms with van der Waals surface area (Å²) < 4.78 is 24.5. The molecular weight excluding hydrogens is 233 g/mol. The first-order chi connectivity index (χ1) is 8.54.